The van der Waals surface area contributed by atoms with Crippen LogP contribution in [0.4, 0.5) is 0 Å². The molecule has 0 unspecified atom stereocenters. The van der Waals surface area contributed by atoms with Gasteiger partial charge >= 0.3 is 0 Å². The van der Waals surface area contributed by atoms with Gasteiger partial charge in [0.2, 0.25) is 0 Å². The summed E-state index contributed by atoms with van der Waals surface area (Å²) < 4.78 is 24.6. The largest absolute Gasteiger partial charge is 0.289 e. The molecule has 0 bridgehead atoms. The summed E-state index contributed by atoms with van der Waals surface area (Å²) in [6.07, 6.45) is 4.78. The average molecular weight is 425 g/mol. The van der Waals surface area contributed by atoms with Crippen LogP contribution in [0.2, 0.25) is 0 Å². The SMILES string of the molecule is Cc1ccc(C=Cc2nnc(CS(=O)(=O)C=CC(=O)c3ccc(C)cc3)s2)cc1. The number of aromatic nitrogens is 2. The number of nitrogens with zero attached hydrogens (tertiary/aromatic N) is 2. The van der Waals surface area contributed by atoms with Crippen LogP contribution in [-0.2, 0) is 15.6 Å². The maximum atomic E-state index is 12.3. The van der Waals surface area contributed by atoms with E-state index in [-0.39, 0.29) is 11.5 Å². The summed E-state index contributed by atoms with van der Waals surface area (Å²) in [5.74, 6) is -0.645. The molecule has 3 rings (SSSR count). The maximum Gasteiger partial charge on any atom is 0.186 e. The van der Waals surface area contributed by atoms with Crippen LogP contribution in [0.25, 0.3) is 12.2 Å². The Morgan fingerprint density at radius 1 is 0.931 bits per heavy atom. The van der Waals surface area contributed by atoms with Gasteiger partial charge in [-0.2, -0.15) is 0 Å². The first-order valence-electron chi connectivity index (χ1n) is 8.90. The molecule has 1 aromatic heterocycles. The number of sulfone groups is 1. The van der Waals surface area contributed by atoms with Gasteiger partial charge in [0, 0.05) is 11.0 Å². The molecule has 0 aliphatic rings. The second-order valence-electron chi connectivity index (χ2n) is 6.62. The predicted molar refractivity (Wildman–Crippen MR) is 117 cm³/mol. The zero-order chi connectivity index (χ0) is 20.9. The summed E-state index contributed by atoms with van der Waals surface area (Å²) in [6.45, 7) is 3.94. The lowest BCUT2D eigenvalue weighted by atomic mass is 10.1. The summed E-state index contributed by atoms with van der Waals surface area (Å²) in [5, 5.41) is 9.89. The van der Waals surface area contributed by atoms with Crippen LogP contribution >= 0.6 is 11.3 Å². The third kappa shape index (κ3) is 6.30. The lowest BCUT2D eigenvalue weighted by Gasteiger charge is -1.97. The Morgan fingerprint density at radius 3 is 2.21 bits per heavy atom. The van der Waals surface area contributed by atoms with E-state index in [1.54, 1.807) is 18.2 Å². The van der Waals surface area contributed by atoms with E-state index in [1.807, 2.05) is 56.3 Å². The Bertz CT molecular complexity index is 1160. The van der Waals surface area contributed by atoms with Crippen molar-refractivity contribution in [3.8, 4) is 0 Å². The van der Waals surface area contributed by atoms with Gasteiger partial charge in [-0.05, 0) is 31.6 Å². The Morgan fingerprint density at radius 2 is 1.55 bits per heavy atom. The van der Waals surface area contributed by atoms with Crippen molar-refractivity contribution < 1.29 is 13.2 Å². The van der Waals surface area contributed by atoms with E-state index < -0.39 is 9.84 Å². The minimum absolute atomic E-state index is 0.291. The third-order valence-corrected chi connectivity index (χ3v) is 6.36. The lowest BCUT2D eigenvalue weighted by molar-refractivity contribution is 0.104. The van der Waals surface area contributed by atoms with Crippen LogP contribution in [0.5, 0.6) is 0 Å². The highest BCUT2D eigenvalue weighted by molar-refractivity contribution is 7.93. The summed E-state index contributed by atoms with van der Waals surface area (Å²) >= 11 is 1.21. The minimum Gasteiger partial charge on any atom is -0.289 e. The fraction of sp³-hybridized carbons (Fsp3) is 0.136. The van der Waals surface area contributed by atoms with Crippen LogP contribution in [0, 0.1) is 13.8 Å². The van der Waals surface area contributed by atoms with Crippen molar-refractivity contribution in [2.45, 2.75) is 19.6 Å². The molecule has 0 amide bonds. The summed E-state index contributed by atoms with van der Waals surface area (Å²) in [6, 6.07) is 15.0. The molecule has 29 heavy (non-hydrogen) atoms. The standard InChI is InChI=1S/C22H20N2O3S2/c1-16-3-7-18(8-4-16)9-12-21-23-24-22(28-21)15-29(26,27)14-13-20(25)19-10-5-17(2)6-11-19/h3-14H,15H2,1-2H3. The van der Waals surface area contributed by atoms with Crippen molar-refractivity contribution in [2.24, 2.45) is 0 Å². The molecule has 0 atom stereocenters. The molecular weight excluding hydrogens is 404 g/mol. The predicted octanol–water partition coefficient (Wildman–Crippen LogP) is 4.64. The van der Waals surface area contributed by atoms with E-state index in [0.717, 1.165) is 22.6 Å². The Labute approximate surface area is 174 Å². The summed E-state index contributed by atoms with van der Waals surface area (Å²) in [4.78, 5) is 12.1. The topological polar surface area (TPSA) is 77.0 Å². The third-order valence-electron chi connectivity index (χ3n) is 4.07. The van der Waals surface area contributed by atoms with Crippen LogP contribution < -0.4 is 0 Å². The normalized spacial score (nSPS) is 12.1. The number of rotatable bonds is 7. The fourth-order valence-electron chi connectivity index (χ4n) is 2.44. The minimum atomic E-state index is -3.62. The van der Waals surface area contributed by atoms with Crippen molar-refractivity contribution in [3.05, 3.63) is 92.3 Å². The van der Waals surface area contributed by atoms with E-state index >= 15 is 0 Å². The first-order valence-corrected chi connectivity index (χ1v) is 11.4. The van der Waals surface area contributed by atoms with Crippen molar-refractivity contribution in [3.63, 3.8) is 0 Å². The second kappa shape index (κ2) is 9.07. The first kappa shape index (κ1) is 20.8. The van der Waals surface area contributed by atoms with E-state index in [2.05, 4.69) is 10.2 Å². The molecule has 0 aliphatic heterocycles. The molecule has 7 heteroatoms. The van der Waals surface area contributed by atoms with E-state index in [9.17, 15) is 13.2 Å². The van der Waals surface area contributed by atoms with Gasteiger partial charge in [-0.15, -0.1) is 10.2 Å². The number of aryl methyl sites for hydroxylation is 2. The molecular formula is C22H20N2O3S2. The highest BCUT2D eigenvalue weighted by Gasteiger charge is 2.13. The molecule has 148 valence electrons. The van der Waals surface area contributed by atoms with Crippen molar-refractivity contribution >= 4 is 39.1 Å². The highest BCUT2D eigenvalue weighted by atomic mass is 32.2. The van der Waals surface area contributed by atoms with E-state index in [1.165, 1.54) is 16.9 Å². The molecule has 0 saturated carbocycles. The monoisotopic (exact) mass is 424 g/mol. The molecule has 3 aromatic rings. The highest BCUT2D eigenvalue weighted by Crippen LogP contribution is 2.17. The number of hydrogen-bond acceptors (Lipinski definition) is 6. The molecule has 0 fully saturated rings. The van der Waals surface area contributed by atoms with E-state index in [4.69, 9.17) is 0 Å². The van der Waals surface area contributed by atoms with Gasteiger partial charge in [-0.1, -0.05) is 77.1 Å². The van der Waals surface area contributed by atoms with Gasteiger partial charge < -0.3 is 0 Å². The quantitative estimate of drug-likeness (QED) is 0.408. The van der Waals surface area contributed by atoms with Crippen LogP contribution in [-0.4, -0.2) is 24.4 Å². The Balaban J connectivity index is 1.63. The second-order valence-corrected chi connectivity index (χ2v) is 9.60. The Kier molecular flexibility index (Phi) is 6.51. The number of hydrogen-bond donors (Lipinski definition) is 0. The molecule has 0 radical (unpaired) electrons. The van der Waals surface area contributed by atoms with Gasteiger partial charge in [-0.3, -0.25) is 4.79 Å². The summed E-state index contributed by atoms with van der Waals surface area (Å²) in [5.41, 5.74) is 3.68. The van der Waals surface area contributed by atoms with E-state index in [0.29, 0.717) is 15.6 Å². The fourth-order valence-corrected chi connectivity index (χ4v) is 4.54. The van der Waals surface area contributed by atoms with Crippen molar-refractivity contribution in [2.75, 3.05) is 0 Å². The zero-order valence-electron chi connectivity index (χ0n) is 16.1. The number of ketones is 1. The molecule has 5 nitrogen and oxygen atoms in total. The van der Waals surface area contributed by atoms with Gasteiger partial charge in [0.25, 0.3) is 0 Å². The number of carbonyl (C=O) groups excluding carboxylic acids is 1. The smallest absolute Gasteiger partial charge is 0.186 e. The number of benzene rings is 2. The van der Waals surface area contributed by atoms with Crippen LogP contribution in [0.15, 0.2) is 60.0 Å². The molecule has 0 saturated heterocycles. The van der Waals surface area contributed by atoms with Crippen LogP contribution in [0.1, 0.15) is 37.1 Å². The van der Waals surface area contributed by atoms with Gasteiger partial charge in [0.15, 0.2) is 15.6 Å². The van der Waals surface area contributed by atoms with Crippen LogP contribution in [0.3, 0.4) is 0 Å². The first-order chi connectivity index (χ1) is 13.8. The molecule has 0 aliphatic carbocycles. The maximum absolute atomic E-state index is 12.3. The number of allylic oxidation sites excluding steroid dienone is 1. The molecule has 2 aromatic carbocycles. The van der Waals surface area contributed by atoms with Gasteiger partial charge in [0.05, 0.1) is 0 Å². The number of carbonyl (C=O) groups is 1. The average Bonchev–Trinajstić information content (AvgIpc) is 3.13. The molecule has 1 heterocycles. The van der Waals surface area contributed by atoms with Crippen molar-refractivity contribution in [1.29, 1.82) is 0 Å². The van der Waals surface area contributed by atoms with Gasteiger partial charge in [0.1, 0.15) is 15.8 Å². The molecule has 0 spiro atoms. The Hall–Kier alpha value is -2.90. The lowest BCUT2D eigenvalue weighted by Crippen LogP contribution is -2.02. The van der Waals surface area contributed by atoms with Gasteiger partial charge in [-0.25, -0.2) is 8.42 Å². The van der Waals surface area contributed by atoms with Crippen molar-refractivity contribution in [1.82, 2.24) is 10.2 Å². The zero-order valence-corrected chi connectivity index (χ0v) is 17.7. The molecule has 0 N–H and O–H groups in total. The summed E-state index contributed by atoms with van der Waals surface area (Å²) in [7, 11) is -3.62.